The van der Waals surface area contributed by atoms with E-state index in [-0.39, 0.29) is 5.92 Å². The van der Waals surface area contributed by atoms with E-state index in [1.54, 1.807) is 4.68 Å². The van der Waals surface area contributed by atoms with Crippen LogP contribution in [-0.2, 0) is 13.5 Å². The summed E-state index contributed by atoms with van der Waals surface area (Å²) in [4.78, 5) is 4.62. The predicted octanol–water partition coefficient (Wildman–Crippen LogP) is 5.17. The zero-order valence-electron chi connectivity index (χ0n) is 19.2. The smallest absolute Gasteiger partial charge is 0.0999 e. The fraction of sp³-hybridized carbons (Fsp3) is 0.231. The maximum atomic E-state index is 9.33. The zero-order valence-corrected chi connectivity index (χ0v) is 19.2. The summed E-state index contributed by atoms with van der Waals surface area (Å²) in [7, 11) is 1.90. The number of hydrogen-bond acceptors (Lipinski definition) is 4. The number of nitriles is 1. The lowest BCUT2D eigenvalue weighted by molar-refractivity contribution is 0.768. The monoisotopic (exact) mass is 435 g/mol. The van der Waals surface area contributed by atoms with E-state index in [1.165, 1.54) is 0 Å². The Labute approximate surface area is 192 Å². The topological polar surface area (TPSA) is 77.2 Å². The number of nitrogens with zero attached hydrogens (tertiary/aromatic N) is 7. The van der Waals surface area contributed by atoms with Gasteiger partial charge in [0.05, 0.1) is 52.4 Å². The molecule has 0 saturated carbocycles. The Morgan fingerprint density at radius 1 is 1.09 bits per heavy atom. The first-order chi connectivity index (χ1) is 16.0. The van der Waals surface area contributed by atoms with Gasteiger partial charge in [0, 0.05) is 30.4 Å². The van der Waals surface area contributed by atoms with Gasteiger partial charge in [-0.15, -0.1) is 0 Å². The molecule has 0 aliphatic carbocycles. The van der Waals surface area contributed by atoms with Gasteiger partial charge >= 0.3 is 0 Å². The maximum absolute atomic E-state index is 9.33. The number of hydrogen-bond donors (Lipinski definition) is 0. The van der Waals surface area contributed by atoms with Crippen LogP contribution in [0.5, 0.6) is 0 Å². The van der Waals surface area contributed by atoms with Crippen LogP contribution in [0.15, 0.2) is 61.3 Å². The first kappa shape index (κ1) is 20.7. The van der Waals surface area contributed by atoms with Crippen molar-refractivity contribution in [3.8, 4) is 28.7 Å². The van der Waals surface area contributed by atoms with Gasteiger partial charge in [0.2, 0.25) is 0 Å². The van der Waals surface area contributed by atoms with Gasteiger partial charge in [0.1, 0.15) is 0 Å². The van der Waals surface area contributed by atoms with E-state index < -0.39 is 0 Å². The molecule has 33 heavy (non-hydrogen) atoms. The van der Waals surface area contributed by atoms with Crippen molar-refractivity contribution in [3.05, 3.63) is 78.1 Å². The van der Waals surface area contributed by atoms with Crippen molar-refractivity contribution < 1.29 is 0 Å². The van der Waals surface area contributed by atoms with Crippen LogP contribution in [0.4, 0.5) is 0 Å². The van der Waals surface area contributed by atoms with Gasteiger partial charge < -0.3 is 4.57 Å². The minimum absolute atomic E-state index is 0.236. The van der Waals surface area contributed by atoms with Gasteiger partial charge in [-0.25, -0.2) is 9.67 Å². The number of aryl methyl sites for hydroxylation is 2. The lowest BCUT2D eigenvalue weighted by Crippen LogP contribution is -2.02. The van der Waals surface area contributed by atoms with Crippen LogP contribution in [0.3, 0.4) is 0 Å². The Morgan fingerprint density at radius 3 is 2.64 bits per heavy atom. The highest BCUT2D eigenvalue weighted by Crippen LogP contribution is 2.33. The number of fused-ring (bicyclic) bond motifs is 1. The third-order valence-corrected chi connectivity index (χ3v) is 5.94. The lowest BCUT2D eigenvalue weighted by Gasteiger charge is -2.10. The minimum Gasteiger partial charge on any atom is -0.305 e. The van der Waals surface area contributed by atoms with Crippen LogP contribution in [0.25, 0.3) is 33.5 Å². The van der Waals surface area contributed by atoms with E-state index >= 15 is 0 Å². The lowest BCUT2D eigenvalue weighted by atomic mass is 10.0. The molecule has 7 nitrogen and oxygen atoms in total. The second-order valence-electron chi connectivity index (χ2n) is 8.50. The normalized spacial score (nSPS) is 11.4. The molecular weight excluding hydrogens is 410 g/mol. The maximum Gasteiger partial charge on any atom is 0.0999 e. The average molecular weight is 436 g/mol. The van der Waals surface area contributed by atoms with E-state index in [0.29, 0.717) is 5.56 Å². The summed E-state index contributed by atoms with van der Waals surface area (Å²) in [6, 6.07) is 14.3. The predicted molar refractivity (Wildman–Crippen MR) is 129 cm³/mol. The molecule has 164 valence electrons. The quantitative estimate of drug-likeness (QED) is 0.382. The van der Waals surface area contributed by atoms with Crippen molar-refractivity contribution >= 4 is 10.9 Å². The van der Waals surface area contributed by atoms with Crippen molar-refractivity contribution in [2.75, 3.05) is 0 Å². The van der Waals surface area contributed by atoms with Crippen molar-refractivity contribution in [2.24, 2.45) is 7.05 Å². The van der Waals surface area contributed by atoms with Gasteiger partial charge in [-0.1, -0.05) is 26.8 Å². The molecule has 2 aromatic carbocycles. The van der Waals surface area contributed by atoms with E-state index in [4.69, 9.17) is 5.10 Å². The SMILES string of the molecule is CCc1cc(C#N)ccc1-n1nc(C(C)C)c2c(-n3cnc(-c4cnn(C)c4)c3)cccc21. The molecule has 0 bridgehead atoms. The third-order valence-electron chi connectivity index (χ3n) is 5.94. The van der Waals surface area contributed by atoms with E-state index in [2.05, 4.69) is 59.7 Å². The summed E-state index contributed by atoms with van der Waals surface area (Å²) < 4.78 is 5.86. The number of aromatic nitrogens is 6. The molecule has 0 N–H and O–H groups in total. The van der Waals surface area contributed by atoms with Crippen LogP contribution in [0.1, 0.15) is 43.5 Å². The molecular formula is C26H25N7. The summed E-state index contributed by atoms with van der Waals surface area (Å²) in [6.07, 6.45) is 8.48. The van der Waals surface area contributed by atoms with Gasteiger partial charge in [-0.05, 0) is 48.2 Å². The molecule has 5 rings (SSSR count). The first-order valence-corrected chi connectivity index (χ1v) is 11.1. The third kappa shape index (κ3) is 3.50. The highest BCUT2D eigenvalue weighted by molar-refractivity contribution is 5.92. The summed E-state index contributed by atoms with van der Waals surface area (Å²) in [5.74, 6) is 0.236. The van der Waals surface area contributed by atoms with Gasteiger partial charge in [-0.3, -0.25) is 4.68 Å². The van der Waals surface area contributed by atoms with Crippen LogP contribution in [-0.4, -0.2) is 29.1 Å². The highest BCUT2D eigenvalue weighted by Gasteiger charge is 2.20. The summed E-state index contributed by atoms with van der Waals surface area (Å²) in [6.45, 7) is 6.43. The molecule has 0 aliphatic heterocycles. The summed E-state index contributed by atoms with van der Waals surface area (Å²) in [5, 5.41) is 19.8. The molecule has 3 heterocycles. The van der Waals surface area contributed by atoms with Crippen molar-refractivity contribution in [1.29, 1.82) is 5.26 Å². The second kappa shape index (κ2) is 8.06. The van der Waals surface area contributed by atoms with Crippen molar-refractivity contribution in [1.82, 2.24) is 29.1 Å². The molecule has 0 unspecified atom stereocenters. The van der Waals surface area contributed by atoms with Crippen LogP contribution in [0, 0.1) is 11.3 Å². The Bertz CT molecular complexity index is 1510. The summed E-state index contributed by atoms with van der Waals surface area (Å²) in [5.41, 5.74) is 7.73. The molecule has 0 amide bonds. The highest BCUT2D eigenvalue weighted by atomic mass is 15.3. The largest absolute Gasteiger partial charge is 0.305 e. The van der Waals surface area contributed by atoms with Crippen LogP contribution >= 0.6 is 0 Å². The molecule has 0 fully saturated rings. The Hall–Kier alpha value is -4.18. The van der Waals surface area contributed by atoms with Crippen molar-refractivity contribution in [2.45, 2.75) is 33.1 Å². The van der Waals surface area contributed by atoms with E-state index in [0.717, 1.165) is 51.2 Å². The molecule has 0 spiro atoms. The Kier molecular flexibility index (Phi) is 5.06. The van der Waals surface area contributed by atoms with Crippen LogP contribution < -0.4 is 0 Å². The number of benzene rings is 2. The standard InChI is InChI=1S/C26H25N7/c1-5-19-11-18(12-27)9-10-22(19)33-24-8-6-7-23(25(24)26(30-33)17(2)3)32-15-21(28-16-32)20-13-29-31(4)14-20/h6-11,13-17H,5H2,1-4H3. The Balaban J connectivity index is 1.72. The molecule has 0 saturated heterocycles. The van der Waals surface area contributed by atoms with Gasteiger partial charge in [0.15, 0.2) is 0 Å². The van der Waals surface area contributed by atoms with E-state index in [1.807, 2.05) is 54.8 Å². The number of rotatable bonds is 5. The molecule has 5 aromatic rings. The molecule has 0 atom stereocenters. The summed E-state index contributed by atoms with van der Waals surface area (Å²) >= 11 is 0. The minimum atomic E-state index is 0.236. The zero-order chi connectivity index (χ0) is 23.1. The molecule has 0 radical (unpaired) electrons. The Morgan fingerprint density at radius 2 is 1.94 bits per heavy atom. The first-order valence-electron chi connectivity index (χ1n) is 11.1. The molecule has 7 heteroatoms. The number of imidazole rings is 1. The molecule has 3 aromatic heterocycles. The van der Waals surface area contributed by atoms with E-state index in [9.17, 15) is 5.26 Å². The van der Waals surface area contributed by atoms with Crippen LogP contribution in [0.2, 0.25) is 0 Å². The average Bonchev–Trinajstić information content (AvgIpc) is 3.56. The van der Waals surface area contributed by atoms with Gasteiger partial charge in [0.25, 0.3) is 0 Å². The fourth-order valence-electron chi connectivity index (χ4n) is 4.28. The van der Waals surface area contributed by atoms with Crippen molar-refractivity contribution in [3.63, 3.8) is 0 Å². The van der Waals surface area contributed by atoms with Gasteiger partial charge in [-0.2, -0.15) is 15.5 Å². The second-order valence-corrected chi connectivity index (χ2v) is 8.50. The molecule has 0 aliphatic rings. The fourth-order valence-corrected chi connectivity index (χ4v) is 4.28.